The fourth-order valence-corrected chi connectivity index (χ4v) is 4.56. The van der Waals surface area contributed by atoms with Gasteiger partial charge in [-0.25, -0.2) is 14.6 Å². The average molecular weight is 419 g/mol. The van der Waals surface area contributed by atoms with E-state index in [1.165, 1.54) is 12.8 Å². The van der Waals surface area contributed by atoms with Gasteiger partial charge in [-0.05, 0) is 43.5 Å². The molecule has 2 saturated heterocycles. The summed E-state index contributed by atoms with van der Waals surface area (Å²) in [6.45, 7) is 4.26. The van der Waals surface area contributed by atoms with Crippen LogP contribution in [0.1, 0.15) is 24.8 Å². The third kappa shape index (κ3) is 3.66. The van der Waals surface area contributed by atoms with Crippen molar-refractivity contribution in [2.75, 3.05) is 31.2 Å². The molecule has 6 rings (SSSR count). The second-order valence-electron chi connectivity index (χ2n) is 8.48. The van der Waals surface area contributed by atoms with E-state index in [2.05, 4.69) is 27.3 Å². The van der Waals surface area contributed by atoms with E-state index in [1.807, 2.05) is 29.2 Å². The van der Waals surface area contributed by atoms with Gasteiger partial charge in [-0.1, -0.05) is 0 Å². The summed E-state index contributed by atoms with van der Waals surface area (Å²) < 4.78 is 12.9. The Kier molecular flexibility index (Phi) is 4.81. The first-order valence-corrected chi connectivity index (χ1v) is 11.1. The van der Waals surface area contributed by atoms with Crippen LogP contribution in [0.2, 0.25) is 0 Å². The molecule has 3 aliphatic rings. The zero-order chi connectivity index (χ0) is 20.6. The normalized spacial score (nSPS) is 20.9. The van der Waals surface area contributed by atoms with Gasteiger partial charge in [0.15, 0.2) is 0 Å². The number of aromatic nitrogens is 4. The van der Waals surface area contributed by atoms with Crippen LogP contribution in [0.3, 0.4) is 0 Å². The van der Waals surface area contributed by atoms with Crippen LogP contribution in [0, 0.1) is 0 Å². The van der Waals surface area contributed by atoms with Gasteiger partial charge in [0.25, 0.3) is 0 Å². The van der Waals surface area contributed by atoms with Crippen molar-refractivity contribution >= 4 is 5.82 Å². The Bertz CT molecular complexity index is 1060. The lowest BCUT2D eigenvalue weighted by Gasteiger charge is -2.31. The molecule has 1 N–H and O–H groups in total. The third-order valence-electron chi connectivity index (χ3n) is 6.34. The fourth-order valence-electron chi connectivity index (χ4n) is 4.56. The van der Waals surface area contributed by atoms with Crippen molar-refractivity contribution < 1.29 is 9.47 Å². The number of anilines is 1. The minimum atomic E-state index is 0.487. The van der Waals surface area contributed by atoms with Crippen LogP contribution < -0.4 is 15.0 Å². The fraction of sp³-hybridized carbons (Fsp3) is 0.435. The molecule has 0 radical (unpaired) electrons. The molecule has 0 aliphatic carbocycles. The molecule has 3 aromatic heterocycles. The molecule has 0 spiro atoms. The van der Waals surface area contributed by atoms with Crippen LogP contribution in [-0.4, -0.2) is 58.1 Å². The lowest BCUT2D eigenvalue weighted by molar-refractivity contribution is -0.0105. The minimum absolute atomic E-state index is 0.487. The first kappa shape index (κ1) is 18.8. The summed E-state index contributed by atoms with van der Waals surface area (Å²) in [5.74, 6) is 1.68. The van der Waals surface area contributed by atoms with Crippen LogP contribution in [0.4, 0.5) is 5.82 Å². The van der Waals surface area contributed by atoms with Gasteiger partial charge >= 0.3 is 0 Å². The number of fused-ring (bicyclic) bond motifs is 3. The van der Waals surface area contributed by atoms with Gasteiger partial charge in [0.1, 0.15) is 18.1 Å². The Morgan fingerprint density at radius 3 is 2.84 bits per heavy atom. The molecule has 6 heterocycles. The van der Waals surface area contributed by atoms with Gasteiger partial charge in [0.05, 0.1) is 36.7 Å². The van der Waals surface area contributed by atoms with E-state index in [0.717, 1.165) is 61.1 Å². The Morgan fingerprint density at radius 2 is 2.00 bits per heavy atom. The highest BCUT2D eigenvalue weighted by Gasteiger charge is 2.25. The highest BCUT2D eigenvalue weighted by molar-refractivity contribution is 5.69. The van der Waals surface area contributed by atoms with E-state index in [1.54, 1.807) is 6.20 Å². The molecule has 31 heavy (non-hydrogen) atoms. The van der Waals surface area contributed by atoms with Crippen LogP contribution >= 0.6 is 0 Å². The number of pyridine rings is 2. The summed E-state index contributed by atoms with van der Waals surface area (Å²) in [5, 5.41) is 8.53. The zero-order valence-corrected chi connectivity index (χ0v) is 17.4. The smallest absolute Gasteiger partial charge is 0.223 e. The van der Waals surface area contributed by atoms with Crippen molar-refractivity contribution in [2.24, 2.45) is 0 Å². The van der Waals surface area contributed by atoms with Crippen LogP contribution in [0.15, 0.2) is 42.9 Å². The van der Waals surface area contributed by atoms with Gasteiger partial charge in [-0.15, -0.1) is 0 Å². The van der Waals surface area contributed by atoms with Crippen molar-refractivity contribution in [2.45, 2.75) is 38.0 Å². The third-order valence-corrected chi connectivity index (χ3v) is 6.34. The van der Waals surface area contributed by atoms with Crippen LogP contribution in [-0.2, 0) is 11.3 Å². The largest absolute Gasteiger partial charge is 0.472 e. The molecule has 160 valence electrons. The van der Waals surface area contributed by atoms with Gasteiger partial charge in [-0.2, -0.15) is 5.10 Å². The van der Waals surface area contributed by atoms with Crippen LogP contribution in [0.5, 0.6) is 5.88 Å². The number of hydrogen-bond acceptors (Lipinski definition) is 7. The van der Waals surface area contributed by atoms with E-state index in [0.29, 0.717) is 24.6 Å². The maximum atomic E-state index is 5.75. The summed E-state index contributed by atoms with van der Waals surface area (Å²) in [7, 11) is 0. The minimum Gasteiger partial charge on any atom is -0.472 e. The van der Waals surface area contributed by atoms with Gasteiger partial charge in [0.2, 0.25) is 5.88 Å². The molecule has 8 nitrogen and oxygen atoms in total. The van der Waals surface area contributed by atoms with Gasteiger partial charge in [0, 0.05) is 37.1 Å². The Morgan fingerprint density at radius 1 is 1.03 bits per heavy atom. The predicted molar refractivity (Wildman–Crippen MR) is 117 cm³/mol. The van der Waals surface area contributed by atoms with E-state index in [-0.39, 0.29) is 0 Å². The SMILES string of the molecule is c1cnc2c(c1)-c1nn(-c3ccc(N4CCCC(NC5COC5)CC4)nc3)cc1CO2. The monoisotopic (exact) mass is 418 g/mol. The molecular formula is C23H26N6O2. The molecular weight excluding hydrogens is 392 g/mol. The van der Waals surface area contributed by atoms with E-state index < -0.39 is 0 Å². The summed E-state index contributed by atoms with van der Waals surface area (Å²) >= 11 is 0. The molecule has 0 saturated carbocycles. The number of nitrogens with one attached hydrogen (secondary N) is 1. The lowest BCUT2D eigenvalue weighted by atomic mass is 10.1. The maximum Gasteiger partial charge on any atom is 0.223 e. The lowest BCUT2D eigenvalue weighted by Crippen LogP contribution is -2.50. The number of ether oxygens (including phenoxy) is 2. The summed E-state index contributed by atoms with van der Waals surface area (Å²) in [4.78, 5) is 11.5. The molecule has 0 aromatic carbocycles. The summed E-state index contributed by atoms with van der Waals surface area (Å²) in [6, 6.07) is 9.23. The van der Waals surface area contributed by atoms with E-state index in [9.17, 15) is 0 Å². The summed E-state index contributed by atoms with van der Waals surface area (Å²) in [5.41, 5.74) is 3.88. The van der Waals surface area contributed by atoms with Crippen molar-refractivity contribution in [1.82, 2.24) is 25.1 Å². The Labute approximate surface area is 181 Å². The highest BCUT2D eigenvalue weighted by atomic mass is 16.5. The quantitative estimate of drug-likeness (QED) is 0.698. The van der Waals surface area contributed by atoms with Gasteiger partial charge < -0.3 is 19.7 Å². The zero-order valence-electron chi connectivity index (χ0n) is 17.4. The number of rotatable bonds is 4. The Balaban J connectivity index is 1.16. The number of nitrogens with zero attached hydrogens (tertiary/aromatic N) is 5. The highest BCUT2D eigenvalue weighted by Crippen LogP contribution is 2.35. The average Bonchev–Trinajstić information content (AvgIpc) is 3.09. The molecule has 0 bridgehead atoms. The molecule has 1 atom stereocenters. The molecule has 0 amide bonds. The Hall–Kier alpha value is -2.97. The predicted octanol–water partition coefficient (Wildman–Crippen LogP) is 2.57. The molecule has 3 aromatic rings. The maximum absolute atomic E-state index is 5.75. The van der Waals surface area contributed by atoms with E-state index >= 15 is 0 Å². The van der Waals surface area contributed by atoms with Crippen molar-refractivity contribution in [3.63, 3.8) is 0 Å². The van der Waals surface area contributed by atoms with Crippen molar-refractivity contribution in [1.29, 1.82) is 0 Å². The topological polar surface area (TPSA) is 77.3 Å². The van der Waals surface area contributed by atoms with E-state index in [4.69, 9.17) is 19.6 Å². The van der Waals surface area contributed by atoms with Crippen LogP contribution in [0.25, 0.3) is 16.9 Å². The second kappa shape index (κ2) is 7.94. The van der Waals surface area contributed by atoms with Gasteiger partial charge in [-0.3, -0.25) is 0 Å². The van der Waals surface area contributed by atoms with Crippen molar-refractivity contribution in [3.8, 4) is 22.8 Å². The molecule has 8 heteroatoms. The molecule has 3 aliphatic heterocycles. The second-order valence-corrected chi connectivity index (χ2v) is 8.48. The summed E-state index contributed by atoms with van der Waals surface area (Å²) in [6.07, 6.45) is 9.20. The standard InChI is InChI=1S/C23H26N6O2/c1-4-20-22-16(13-31-23(20)24-8-1)12-29(27-22)19-5-6-21(25-11-19)28-9-2-3-17(7-10-28)26-18-14-30-15-18/h1,4-6,8,11-12,17-18,26H,2-3,7,9-10,13-15H2. The van der Waals surface area contributed by atoms with Crippen molar-refractivity contribution in [3.05, 3.63) is 48.4 Å². The first-order chi connectivity index (χ1) is 15.3. The first-order valence-electron chi connectivity index (χ1n) is 11.1. The molecule has 1 unspecified atom stereocenters. The molecule has 2 fully saturated rings. The number of hydrogen-bond donors (Lipinski definition) is 1.